The van der Waals surface area contributed by atoms with Crippen molar-refractivity contribution in [2.45, 2.75) is 59.5 Å². The Bertz CT molecular complexity index is 1320. The standard InChI is InChI=1S/C28H36N4O6/c1-17-25(30-31-32(17)21-15-19(35-8)11-13-23(21)36-9)26(34)29-20-14-18(27(2,3)4)10-12-22(20)37-16-24(33)38-28(5,6)7/h10-15H,16H2,1-9H3,(H,29,34). The quantitative estimate of drug-likeness (QED) is 0.416. The number of methoxy groups -OCH3 is 2. The fourth-order valence-electron chi connectivity index (χ4n) is 3.64. The van der Waals surface area contributed by atoms with Gasteiger partial charge in [0.25, 0.3) is 5.91 Å². The zero-order valence-electron chi connectivity index (χ0n) is 23.5. The largest absolute Gasteiger partial charge is 0.497 e. The van der Waals surface area contributed by atoms with Gasteiger partial charge in [0, 0.05) is 6.07 Å². The Kier molecular flexibility index (Phi) is 8.34. The molecule has 204 valence electrons. The van der Waals surface area contributed by atoms with E-state index in [-0.39, 0.29) is 17.7 Å². The van der Waals surface area contributed by atoms with Gasteiger partial charge in [0.1, 0.15) is 28.5 Å². The molecule has 2 aromatic carbocycles. The molecule has 0 bridgehead atoms. The van der Waals surface area contributed by atoms with E-state index in [2.05, 4.69) is 36.4 Å². The van der Waals surface area contributed by atoms with E-state index in [1.807, 2.05) is 12.1 Å². The van der Waals surface area contributed by atoms with Gasteiger partial charge in [0.05, 0.1) is 25.6 Å². The molecule has 0 radical (unpaired) electrons. The molecule has 0 atom stereocenters. The van der Waals surface area contributed by atoms with Gasteiger partial charge in [-0.1, -0.05) is 32.1 Å². The van der Waals surface area contributed by atoms with Gasteiger partial charge in [-0.05, 0) is 62.9 Å². The van der Waals surface area contributed by atoms with Crippen LogP contribution >= 0.6 is 0 Å². The van der Waals surface area contributed by atoms with Crippen LogP contribution in [0.1, 0.15) is 63.3 Å². The molecule has 0 unspecified atom stereocenters. The SMILES string of the molecule is COc1ccc(OC)c(-n2nnc(C(=O)Nc3cc(C(C)(C)C)ccc3OCC(=O)OC(C)(C)C)c2C)c1. The number of aromatic nitrogens is 3. The highest BCUT2D eigenvalue weighted by atomic mass is 16.6. The summed E-state index contributed by atoms with van der Waals surface area (Å²) in [5, 5.41) is 11.2. The summed E-state index contributed by atoms with van der Waals surface area (Å²) < 4.78 is 23.4. The van der Waals surface area contributed by atoms with Crippen LogP contribution < -0.4 is 19.5 Å². The minimum atomic E-state index is -0.637. The maximum atomic E-state index is 13.4. The third kappa shape index (κ3) is 6.81. The molecule has 3 aromatic rings. The number of carbonyl (C=O) groups is 2. The Morgan fingerprint density at radius 2 is 1.63 bits per heavy atom. The van der Waals surface area contributed by atoms with Gasteiger partial charge in [-0.3, -0.25) is 4.79 Å². The van der Waals surface area contributed by atoms with Crippen molar-refractivity contribution in [1.82, 2.24) is 15.0 Å². The van der Waals surface area contributed by atoms with Crippen molar-refractivity contribution < 1.29 is 28.5 Å². The van der Waals surface area contributed by atoms with Crippen molar-refractivity contribution in [3.05, 3.63) is 53.3 Å². The fourth-order valence-corrected chi connectivity index (χ4v) is 3.64. The molecule has 38 heavy (non-hydrogen) atoms. The second kappa shape index (κ2) is 11.1. The summed E-state index contributed by atoms with van der Waals surface area (Å²) in [6, 6.07) is 10.7. The molecule has 0 aliphatic rings. The van der Waals surface area contributed by atoms with Crippen molar-refractivity contribution in [2.75, 3.05) is 26.1 Å². The van der Waals surface area contributed by atoms with E-state index in [9.17, 15) is 9.59 Å². The molecule has 10 nitrogen and oxygen atoms in total. The lowest BCUT2D eigenvalue weighted by molar-refractivity contribution is -0.157. The molecule has 0 saturated carbocycles. The predicted molar refractivity (Wildman–Crippen MR) is 144 cm³/mol. The maximum absolute atomic E-state index is 13.4. The summed E-state index contributed by atoms with van der Waals surface area (Å²) in [5.41, 5.74) is 1.74. The first-order valence-electron chi connectivity index (χ1n) is 12.2. The van der Waals surface area contributed by atoms with E-state index in [4.69, 9.17) is 18.9 Å². The monoisotopic (exact) mass is 524 g/mol. The maximum Gasteiger partial charge on any atom is 0.344 e. The van der Waals surface area contributed by atoms with Crippen LogP contribution in [0, 0.1) is 6.92 Å². The molecular formula is C28H36N4O6. The van der Waals surface area contributed by atoms with E-state index in [1.54, 1.807) is 66.2 Å². The zero-order chi connectivity index (χ0) is 28.3. The number of esters is 1. The number of rotatable bonds is 8. The van der Waals surface area contributed by atoms with Crippen LogP contribution in [-0.2, 0) is 14.9 Å². The Balaban J connectivity index is 1.92. The number of anilines is 1. The average Bonchev–Trinajstić information content (AvgIpc) is 3.22. The van der Waals surface area contributed by atoms with E-state index in [0.29, 0.717) is 34.3 Å². The molecule has 0 aliphatic carbocycles. The first-order chi connectivity index (χ1) is 17.7. The van der Waals surface area contributed by atoms with Crippen LogP contribution in [0.3, 0.4) is 0 Å². The Labute approximate surface area is 223 Å². The van der Waals surface area contributed by atoms with Crippen molar-refractivity contribution in [3.63, 3.8) is 0 Å². The lowest BCUT2D eigenvalue weighted by Crippen LogP contribution is -2.27. The first-order valence-corrected chi connectivity index (χ1v) is 12.2. The second-order valence-corrected chi connectivity index (χ2v) is 10.8. The summed E-state index contributed by atoms with van der Waals surface area (Å²) in [7, 11) is 3.11. The molecule has 1 N–H and O–H groups in total. The molecule has 1 amide bonds. The van der Waals surface area contributed by atoms with Gasteiger partial charge >= 0.3 is 5.97 Å². The summed E-state index contributed by atoms with van der Waals surface area (Å²) in [6.07, 6.45) is 0. The van der Waals surface area contributed by atoms with Crippen molar-refractivity contribution in [2.24, 2.45) is 0 Å². The molecule has 0 fully saturated rings. The van der Waals surface area contributed by atoms with Gasteiger partial charge in [-0.15, -0.1) is 5.10 Å². The summed E-state index contributed by atoms with van der Waals surface area (Å²) >= 11 is 0. The summed E-state index contributed by atoms with van der Waals surface area (Å²) in [4.78, 5) is 25.6. The van der Waals surface area contributed by atoms with E-state index in [1.165, 1.54) is 4.68 Å². The molecule has 1 aromatic heterocycles. The lowest BCUT2D eigenvalue weighted by Gasteiger charge is -2.22. The molecule has 1 heterocycles. The van der Waals surface area contributed by atoms with Crippen LogP contribution in [0.4, 0.5) is 5.69 Å². The van der Waals surface area contributed by atoms with Gasteiger partial charge in [-0.25, -0.2) is 9.48 Å². The number of hydrogen-bond donors (Lipinski definition) is 1. The number of nitrogens with one attached hydrogen (secondary N) is 1. The minimum Gasteiger partial charge on any atom is -0.497 e. The average molecular weight is 525 g/mol. The highest BCUT2D eigenvalue weighted by Crippen LogP contribution is 2.33. The highest BCUT2D eigenvalue weighted by molar-refractivity contribution is 6.04. The van der Waals surface area contributed by atoms with Crippen molar-refractivity contribution in [1.29, 1.82) is 0 Å². The fraction of sp³-hybridized carbons (Fsp3) is 0.429. The third-order valence-electron chi connectivity index (χ3n) is 5.58. The van der Waals surface area contributed by atoms with Crippen molar-refractivity contribution in [3.8, 4) is 22.9 Å². The van der Waals surface area contributed by atoms with Crippen LogP contribution in [0.25, 0.3) is 5.69 Å². The van der Waals surface area contributed by atoms with Gasteiger partial charge in [0.2, 0.25) is 0 Å². The Morgan fingerprint density at radius 3 is 2.24 bits per heavy atom. The van der Waals surface area contributed by atoms with Gasteiger partial charge in [0.15, 0.2) is 12.3 Å². The molecule has 3 rings (SSSR count). The summed E-state index contributed by atoms with van der Waals surface area (Å²) in [5.74, 6) is 0.482. The van der Waals surface area contributed by atoms with Gasteiger partial charge < -0.3 is 24.3 Å². The topological polar surface area (TPSA) is 114 Å². The molecule has 0 aliphatic heterocycles. The molecular weight excluding hydrogens is 488 g/mol. The number of benzene rings is 2. The number of hydrogen-bond acceptors (Lipinski definition) is 8. The zero-order valence-corrected chi connectivity index (χ0v) is 23.5. The van der Waals surface area contributed by atoms with Crippen molar-refractivity contribution >= 4 is 17.6 Å². The molecule has 0 saturated heterocycles. The van der Waals surface area contributed by atoms with E-state index >= 15 is 0 Å². The highest BCUT2D eigenvalue weighted by Gasteiger charge is 2.23. The van der Waals surface area contributed by atoms with Crippen LogP contribution in [0.15, 0.2) is 36.4 Å². The van der Waals surface area contributed by atoms with E-state index in [0.717, 1.165) is 5.56 Å². The number of ether oxygens (including phenoxy) is 4. The second-order valence-electron chi connectivity index (χ2n) is 10.8. The van der Waals surface area contributed by atoms with Gasteiger partial charge in [-0.2, -0.15) is 0 Å². The first kappa shape index (κ1) is 28.5. The lowest BCUT2D eigenvalue weighted by atomic mass is 9.87. The number of amides is 1. The Morgan fingerprint density at radius 1 is 0.947 bits per heavy atom. The minimum absolute atomic E-state index is 0.120. The number of carbonyl (C=O) groups excluding carboxylic acids is 2. The normalized spacial score (nSPS) is 11.6. The predicted octanol–water partition coefficient (Wildman–Crippen LogP) is 4.86. The van der Waals surface area contributed by atoms with Crippen LogP contribution in [0.2, 0.25) is 0 Å². The summed E-state index contributed by atoms with van der Waals surface area (Å²) in [6.45, 7) is 13.0. The van der Waals surface area contributed by atoms with Crippen LogP contribution in [0.5, 0.6) is 17.2 Å². The number of nitrogens with zero attached hydrogens (tertiary/aromatic N) is 3. The molecule has 10 heteroatoms. The third-order valence-corrected chi connectivity index (χ3v) is 5.58. The van der Waals surface area contributed by atoms with E-state index < -0.39 is 17.5 Å². The molecule has 0 spiro atoms. The smallest absolute Gasteiger partial charge is 0.344 e. The Hall–Kier alpha value is -4.08. The van der Waals surface area contributed by atoms with Crippen LogP contribution in [-0.4, -0.2) is 53.3 Å².